The number of carbonyl (C=O) groups is 2. The normalized spacial score (nSPS) is 13.1. The van der Waals surface area contributed by atoms with E-state index in [2.05, 4.69) is 5.32 Å². The molecule has 0 saturated heterocycles. The third kappa shape index (κ3) is 5.97. The lowest BCUT2D eigenvalue weighted by Gasteiger charge is -2.25. The lowest BCUT2D eigenvalue weighted by atomic mass is 10.0. The smallest absolute Gasteiger partial charge is 0.329 e. The van der Waals surface area contributed by atoms with Gasteiger partial charge in [-0.05, 0) is 48.4 Å². The molecule has 1 aliphatic rings. The molecule has 1 heterocycles. The molecule has 1 aliphatic heterocycles. The van der Waals surface area contributed by atoms with Crippen molar-refractivity contribution in [3.63, 3.8) is 0 Å². The van der Waals surface area contributed by atoms with Crippen LogP contribution >= 0.6 is 0 Å². The first-order chi connectivity index (χ1) is 17.5. The summed E-state index contributed by atoms with van der Waals surface area (Å²) >= 11 is 0. The summed E-state index contributed by atoms with van der Waals surface area (Å²) in [4.78, 5) is 27.2. The predicted octanol–water partition coefficient (Wildman–Crippen LogP) is 3.26. The predicted molar refractivity (Wildman–Crippen MR) is 130 cm³/mol. The SMILES string of the molecule is Cc1ccccc1S(=O)(=O)NC(=O)NC(Cc1cc(F)cc(F)c1)C(=O)N(C)c1ccc2c(c1)OCO2. The van der Waals surface area contributed by atoms with Gasteiger partial charge in [0.05, 0.1) is 4.90 Å². The van der Waals surface area contributed by atoms with Gasteiger partial charge in [-0.25, -0.2) is 26.7 Å². The van der Waals surface area contributed by atoms with Gasteiger partial charge in [0.15, 0.2) is 11.5 Å². The summed E-state index contributed by atoms with van der Waals surface area (Å²) in [6, 6.07) is 10.9. The van der Waals surface area contributed by atoms with Crippen LogP contribution in [0.5, 0.6) is 11.5 Å². The van der Waals surface area contributed by atoms with Crippen LogP contribution in [-0.4, -0.2) is 40.2 Å². The minimum atomic E-state index is -4.26. The standard InChI is InChI=1S/C25H23F2N3O6S/c1-15-5-3-4-6-23(15)37(33,34)29-25(32)28-20(11-16-9-17(26)12-18(27)10-16)24(31)30(2)19-7-8-21-22(13-19)36-14-35-21/h3-10,12-13,20H,11,14H2,1-2H3,(H2,28,29,32). The fourth-order valence-corrected chi connectivity index (χ4v) is 5.00. The number of nitrogens with one attached hydrogen (secondary N) is 2. The highest BCUT2D eigenvalue weighted by Crippen LogP contribution is 2.35. The number of sulfonamides is 1. The molecular weight excluding hydrogens is 508 g/mol. The lowest BCUT2D eigenvalue weighted by molar-refractivity contribution is -0.120. The number of urea groups is 1. The Labute approximate surface area is 212 Å². The molecule has 0 radical (unpaired) electrons. The Morgan fingerprint density at radius 3 is 2.38 bits per heavy atom. The second-order valence-electron chi connectivity index (χ2n) is 8.31. The second-order valence-corrected chi connectivity index (χ2v) is 9.96. The van der Waals surface area contributed by atoms with Crippen LogP contribution in [0.1, 0.15) is 11.1 Å². The summed E-state index contributed by atoms with van der Waals surface area (Å²) in [5.41, 5.74) is 0.879. The summed E-state index contributed by atoms with van der Waals surface area (Å²) in [5, 5.41) is 2.33. The van der Waals surface area contributed by atoms with Gasteiger partial charge in [-0.1, -0.05) is 18.2 Å². The van der Waals surface area contributed by atoms with Crippen molar-refractivity contribution in [2.45, 2.75) is 24.3 Å². The highest BCUT2D eigenvalue weighted by atomic mass is 32.2. The van der Waals surface area contributed by atoms with E-state index in [9.17, 15) is 26.8 Å². The number of hydrogen-bond donors (Lipinski definition) is 2. The number of benzene rings is 3. The molecule has 194 valence electrons. The van der Waals surface area contributed by atoms with Crippen molar-refractivity contribution < 1.29 is 36.3 Å². The van der Waals surface area contributed by atoms with Crippen LogP contribution in [0, 0.1) is 18.6 Å². The van der Waals surface area contributed by atoms with E-state index in [1.165, 1.54) is 24.1 Å². The topological polar surface area (TPSA) is 114 Å². The first-order valence-corrected chi connectivity index (χ1v) is 12.5. The van der Waals surface area contributed by atoms with Crippen molar-refractivity contribution in [1.29, 1.82) is 0 Å². The summed E-state index contributed by atoms with van der Waals surface area (Å²) in [5.74, 6) is -1.49. The maximum atomic E-state index is 13.8. The molecule has 1 atom stereocenters. The Bertz CT molecular complexity index is 1440. The van der Waals surface area contributed by atoms with Gasteiger partial charge in [-0.2, -0.15) is 0 Å². The molecule has 0 fully saturated rings. The zero-order chi connectivity index (χ0) is 26.7. The van der Waals surface area contributed by atoms with E-state index in [0.717, 1.165) is 12.1 Å². The molecule has 3 aromatic carbocycles. The van der Waals surface area contributed by atoms with Crippen LogP contribution in [-0.2, 0) is 21.2 Å². The second kappa shape index (κ2) is 10.4. The van der Waals surface area contributed by atoms with Gasteiger partial charge in [0, 0.05) is 31.3 Å². The fourth-order valence-electron chi connectivity index (χ4n) is 3.84. The third-order valence-corrected chi connectivity index (χ3v) is 7.14. The van der Waals surface area contributed by atoms with Gasteiger partial charge >= 0.3 is 6.03 Å². The molecule has 0 spiro atoms. The number of ether oxygens (including phenoxy) is 2. The summed E-state index contributed by atoms with van der Waals surface area (Å²) in [6.45, 7) is 1.60. The van der Waals surface area contributed by atoms with Gasteiger partial charge in [-0.3, -0.25) is 4.79 Å². The molecule has 0 aliphatic carbocycles. The molecule has 0 bridgehead atoms. The molecule has 1 unspecified atom stereocenters. The minimum Gasteiger partial charge on any atom is -0.454 e. The van der Waals surface area contributed by atoms with E-state index in [1.54, 1.807) is 37.3 Å². The monoisotopic (exact) mass is 531 g/mol. The summed E-state index contributed by atoms with van der Waals surface area (Å²) in [7, 11) is -2.83. The molecule has 12 heteroatoms. The van der Waals surface area contributed by atoms with E-state index in [1.807, 2.05) is 4.72 Å². The van der Waals surface area contributed by atoms with Crippen molar-refractivity contribution in [2.24, 2.45) is 0 Å². The number of nitrogens with zero attached hydrogens (tertiary/aromatic N) is 1. The van der Waals surface area contributed by atoms with Gasteiger partial charge in [0.25, 0.3) is 10.0 Å². The van der Waals surface area contributed by atoms with Gasteiger partial charge in [0.2, 0.25) is 12.7 Å². The van der Waals surface area contributed by atoms with Crippen molar-refractivity contribution in [1.82, 2.24) is 10.0 Å². The van der Waals surface area contributed by atoms with Crippen LogP contribution in [0.25, 0.3) is 0 Å². The average Bonchev–Trinajstić information content (AvgIpc) is 3.30. The Balaban J connectivity index is 1.59. The zero-order valence-electron chi connectivity index (χ0n) is 19.8. The third-order valence-electron chi connectivity index (χ3n) is 5.65. The van der Waals surface area contributed by atoms with Gasteiger partial charge in [0.1, 0.15) is 17.7 Å². The van der Waals surface area contributed by atoms with Gasteiger partial charge in [-0.15, -0.1) is 0 Å². The number of carbonyl (C=O) groups excluding carboxylic acids is 2. The average molecular weight is 532 g/mol. The number of amides is 3. The van der Waals surface area contributed by atoms with Crippen LogP contribution in [0.4, 0.5) is 19.3 Å². The van der Waals surface area contributed by atoms with E-state index in [4.69, 9.17) is 9.47 Å². The number of halogens is 2. The molecule has 3 aromatic rings. The van der Waals surface area contributed by atoms with Crippen LogP contribution < -0.4 is 24.4 Å². The minimum absolute atomic E-state index is 0.0291. The molecule has 4 rings (SSSR count). The number of fused-ring (bicyclic) bond motifs is 1. The first kappa shape index (κ1) is 25.9. The Kier molecular flexibility index (Phi) is 7.30. The summed E-state index contributed by atoms with van der Waals surface area (Å²) in [6.07, 6.45) is -0.319. The van der Waals surface area contributed by atoms with E-state index in [-0.39, 0.29) is 23.7 Å². The number of anilines is 1. The highest BCUT2D eigenvalue weighted by Gasteiger charge is 2.29. The van der Waals surface area contributed by atoms with E-state index in [0.29, 0.717) is 28.8 Å². The Morgan fingerprint density at radius 1 is 1.00 bits per heavy atom. The maximum absolute atomic E-state index is 13.8. The number of hydrogen-bond acceptors (Lipinski definition) is 6. The fraction of sp³-hybridized carbons (Fsp3) is 0.200. The molecule has 2 N–H and O–H groups in total. The number of rotatable bonds is 7. The lowest BCUT2D eigenvalue weighted by Crippen LogP contribution is -2.52. The highest BCUT2D eigenvalue weighted by molar-refractivity contribution is 7.90. The van der Waals surface area contributed by atoms with Crippen molar-refractivity contribution in [3.8, 4) is 11.5 Å². The number of aryl methyl sites for hydroxylation is 1. The Hall–Kier alpha value is -4.19. The quantitative estimate of drug-likeness (QED) is 0.484. The maximum Gasteiger partial charge on any atom is 0.329 e. The van der Waals surface area contributed by atoms with E-state index >= 15 is 0 Å². The van der Waals surface area contributed by atoms with E-state index < -0.39 is 39.6 Å². The zero-order valence-corrected chi connectivity index (χ0v) is 20.6. The molecule has 0 aromatic heterocycles. The summed E-state index contributed by atoms with van der Waals surface area (Å²) < 4.78 is 65.6. The largest absolute Gasteiger partial charge is 0.454 e. The van der Waals surface area contributed by atoms with Crippen LogP contribution in [0.15, 0.2) is 65.6 Å². The number of likely N-dealkylation sites (N-methyl/N-ethyl adjacent to an activating group) is 1. The first-order valence-electron chi connectivity index (χ1n) is 11.0. The van der Waals surface area contributed by atoms with Crippen LogP contribution in [0.3, 0.4) is 0 Å². The molecule has 37 heavy (non-hydrogen) atoms. The molecule has 0 saturated carbocycles. The van der Waals surface area contributed by atoms with Crippen LogP contribution in [0.2, 0.25) is 0 Å². The van der Waals surface area contributed by atoms with Crippen molar-refractivity contribution >= 4 is 27.6 Å². The van der Waals surface area contributed by atoms with Crippen molar-refractivity contribution in [3.05, 3.63) is 83.4 Å². The molecule has 9 nitrogen and oxygen atoms in total. The molecular formula is C25H23F2N3O6S. The van der Waals surface area contributed by atoms with Crippen molar-refractivity contribution in [2.75, 3.05) is 18.7 Å². The molecule has 3 amide bonds. The Morgan fingerprint density at radius 2 is 1.68 bits per heavy atom. The van der Waals surface area contributed by atoms with Gasteiger partial charge < -0.3 is 19.7 Å².